The van der Waals surface area contributed by atoms with E-state index in [0.717, 1.165) is 5.69 Å². The summed E-state index contributed by atoms with van der Waals surface area (Å²) in [4.78, 5) is 12.1. The quantitative estimate of drug-likeness (QED) is 0.628. The normalized spacial score (nSPS) is 10.7. The highest BCUT2D eigenvalue weighted by atomic mass is 35.5. The number of tetrazole rings is 1. The summed E-state index contributed by atoms with van der Waals surface area (Å²) in [5.41, 5.74) is 1.24. The van der Waals surface area contributed by atoms with Crippen LogP contribution in [0.15, 0.2) is 47.6 Å². The standard InChI is InChI=1S/C15H10Cl3N5OS/c16-9-1-4-11(5-2-9)23-15(20-21-22-23)25-8-14(24)19-13-6-3-10(17)7-12(13)18/h1-7H,8H2,(H,19,24). The predicted octanol–water partition coefficient (Wildman–Crippen LogP) is 4.35. The Balaban J connectivity index is 1.65. The van der Waals surface area contributed by atoms with E-state index in [4.69, 9.17) is 34.8 Å². The number of rotatable bonds is 5. The van der Waals surface area contributed by atoms with Crippen molar-refractivity contribution in [1.82, 2.24) is 20.2 Å². The minimum atomic E-state index is -0.236. The van der Waals surface area contributed by atoms with Crippen molar-refractivity contribution in [2.24, 2.45) is 0 Å². The molecule has 1 aromatic heterocycles. The van der Waals surface area contributed by atoms with Gasteiger partial charge in [-0.2, -0.15) is 4.68 Å². The van der Waals surface area contributed by atoms with Crippen molar-refractivity contribution >= 4 is 58.2 Å². The fourth-order valence-corrected chi connectivity index (χ4v) is 3.19. The molecule has 0 fully saturated rings. The number of anilines is 1. The lowest BCUT2D eigenvalue weighted by molar-refractivity contribution is -0.113. The van der Waals surface area contributed by atoms with Crippen LogP contribution in [0.2, 0.25) is 15.1 Å². The number of amides is 1. The van der Waals surface area contributed by atoms with Crippen LogP contribution >= 0.6 is 46.6 Å². The summed E-state index contributed by atoms with van der Waals surface area (Å²) in [7, 11) is 0. The van der Waals surface area contributed by atoms with E-state index in [1.807, 2.05) is 0 Å². The molecule has 1 heterocycles. The molecule has 6 nitrogen and oxygen atoms in total. The second-order valence-corrected chi connectivity index (χ2v) is 7.03. The van der Waals surface area contributed by atoms with Gasteiger partial charge in [-0.05, 0) is 52.9 Å². The number of thioether (sulfide) groups is 1. The van der Waals surface area contributed by atoms with Gasteiger partial charge in [0.2, 0.25) is 11.1 Å². The lowest BCUT2D eigenvalue weighted by Gasteiger charge is -2.07. The van der Waals surface area contributed by atoms with Crippen molar-refractivity contribution in [2.45, 2.75) is 5.16 Å². The zero-order chi connectivity index (χ0) is 17.8. The maximum Gasteiger partial charge on any atom is 0.234 e. The number of carbonyl (C=O) groups is 1. The number of aromatic nitrogens is 4. The van der Waals surface area contributed by atoms with Crippen LogP contribution in [0.25, 0.3) is 5.69 Å². The third kappa shape index (κ3) is 4.64. The second kappa shape index (κ2) is 8.05. The molecule has 0 saturated carbocycles. The topological polar surface area (TPSA) is 72.7 Å². The van der Waals surface area contributed by atoms with Gasteiger partial charge in [-0.25, -0.2) is 0 Å². The molecule has 0 unspecified atom stereocenters. The van der Waals surface area contributed by atoms with Crippen molar-refractivity contribution in [1.29, 1.82) is 0 Å². The van der Waals surface area contributed by atoms with Gasteiger partial charge in [-0.3, -0.25) is 4.79 Å². The van der Waals surface area contributed by atoms with Gasteiger partial charge in [0, 0.05) is 10.0 Å². The maximum absolute atomic E-state index is 12.1. The van der Waals surface area contributed by atoms with Crippen LogP contribution in [0.3, 0.4) is 0 Å². The molecular weight excluding hydrogens is 405 g/mol. The Bertz CT molecular complexity index is 900. The molecule has 0 atom stereocenters. The Labute approximate surface area is 162 Å². The van der Waals surface area contributed by atoms with Crippen LogP contribution in [0.4, 0.5) is 5.69 Å². The first-order chi connectivity index (χ1) is 12.0. The van der Waals surface area contributed by atoms with Crippen LogP contribution in [0, 0.1) is 0 Å². The number of hydrogen-bond donors (Lipinski definition) is 1. The van der Waals surface area contributed by atoms with Gasteiger partial charge in [-0.1, -0.05) is 46.6 Å². The molecule has 3 aromatic rings. The fourth-order valence-electron chi connectivity index (χ4n) is 1.92. The first kappa shape index (κ1) is 18.0. The van der Waals surface area contributed by atoms with E-state index >= 15 is 0 Å². The molecular formula is C15H10Cl3N5OS. The Morgan fingerprint density at radius 2 is 1.80 bits per heavy atom. The van der Waals surface area contributed by atoms with Crippen molar-refractivity contribution < 1.29 is 4.79 Å². The van der Waals surface area contributed by atoms with E-state index in [2.05, 4.69) is 20.8 Å². The molecule has 0 aliphatic heterocycles. The van der Waals surface area contributed by atoms with Crippen molar-refractivity contribution in [2.75, 3.05) is 11.1 Å². The third-order valence-corrected chi connectivity index (χ3v) is 4.77. The summed E-state index contributed by atoms with van der Waals surface area (Å²) >= 11 is 19.0. The molecule has 0 spiro atoms. The van der Waals surface area contributed by atoms with Crippen LogP contribution in [-0.4, -0.2) is 31.9 Å². The lowest BCUT2D eigenvalue weighted by Crippen LogP contribution is -2.15. The van der Waals surface area contributed by atoms with Crippen LogP contribution < -0.4 is 5.32 Å². The maximum atomic E-state index is 12.1. The molecule has 2 aromatic carbocycles. The number of carbonyl (C=O) groups excluding carboxylic acids is 1. The van der Waals surface area contributed by atoms with Gasteiger partial charge in [0.25, 0.3) is 0 Å². The number of halogens is 3. The van der Waals surface area contributed by atoms with Gasteiger partial charge in [0.15, 0.2) is 0 Å². The highest BCUT2D eigenvalue weighted by molar-refractivity contribution is 7.99. The van der Waals surface area contributed by atoms with Gasteiger partial charge in [-0.15, -0.1) is 5.10 Å². The SMILES string of the molecule is O=C(CSc1nnnn1-c1ccc(Cl)cc1)Nc1ccc(Cl)cc1Cl. The van der Waals surface area contributed by atoms with Crippen molar-refractivity contribution in [3.63, 3.8) is 0 Å². The minimum Gasteiger partial charge on any atom is -0.324 e. The Morgan fingerprint density at radius 3 is 2.52 bits per heavy atom. The summed E-state index contributed by atoms with van der Waals surface area (Å²) in [6, 6.07) is 11.9. The van der Waals surface area contributed by atoms with E-state index in [1.165, 1.54) is 16.4 Å². The van der Waals surface area contributed by atoms with Crippen LogP contribution in [0.1, 0.15) is 0 Å². The van der Waals surface area contributed by atoms with E-state index in [1.54, 1.807) is 42.5 Å². The minimum absolute atomic E-state index is 0.118. The van der Waals surface area contributed by atoms with E-state index in [-0.39, 0.29) is 11.7 Å². The van der Waals surface area contributed by atoms with Gasteiger partial charge in [0.05, 0.1) is 22.2 Å². The summed E-state index contributed by atoms with van der Waals surface area (Å²) in [5, 5.41) is 16.2. The molecule has 0 aliphatic rings. The fraction of sp³-hybridized carbons (Fsp3) is 0.0667. The summed E-state index contributed by atoms with van der Waals surface area (Å²) in [6.07, 6.45) is 0. The highest BCUT2D eigenvalue weighted by Crippen LogP contribution is 2.26. The van der Waals surface area contributed by atoms with Crippen molar-refractivity contribution in [3.8, 4) is 5.69 Å². The van der Waals surface area contributed by atoms with Gasteiger partial charge >= 0.3 is 0 Å². The molecule has 0 bridgehead atoms. The Hall–Kier alpha value is -1.80. The largest absolute Gasteiger partial charge is 0.324 e. The van der Waals surface area contributed by atoms with Crippen molar-refractivity contribution in [3.05, 3.63) is 57.5 Å². The lowest BCUT2D eigenvalue weighted by atomic mass is 10.3. The zero-order valence-electron chi connectivity index (χ0n) is 12.5. The first-order valence-electron chi connectivity index (χ1n) is 6.95. The number of nitrogens with one attached hydrogen (secondary N) is 1. The molecule has 3 rings (SSSR count). The summed E-state index contributed by atoms with van der Waals surface area (Å²) in [6.45, 7) is 0. The van der Waals surface area contributed by atoms with E-state index in [0.29, 0.717) is 25.9 Å². The third-order valence-electron chi connectivity index (χ3n) is 3.05. The molecule has 0 aliphatic carbocycles. The number of hydrogen-bond acceptors (Lipinski definition) is 5. The molecule has 1 N–H and O–H groups in total. The second-order valence-electron chi connectivity index (χ2n) is 4.81. The Morgan fingerprint density at radius 1 is 1.08 bits per heavy atom. The van der Waals surface area contributed by atoms with Gasteiger partial charge in [0.1, 0.15) is 0 Å². The highest BCUT2D eigenvalue weighted by Gasteiger charge is 2.12. The summed E-state index contributed by atoms with van der Waals surface area (Å²) in [5.74, 6) is -0.118. The van der Waals surface area contributed by atoms with E-state index in [9.17, 15) is 4.79 Å². The van der Waals surface area contributed by atoms with Crippen LogP contribution in [-0.2, 0) is 4.79 Å². The number of nitrogens with zero attached hydrogens (tertiary/aromatic N) is 4. The smallest absolute Gasteiger partial charge is 0.234 e. The number of benzene rings is 2. The molecule has 1 amide bonds. The molecule has 0 saturated heterocycles. The molecule has 10 heteroatoms. The van der Waals surface area contributed by atoms with Crippen LogP contribution in [0.5, 0.6) is 0 Å². The average Bonchev–Trinajstić information content (AvgIpc) is 3.05. The molecule has 0 radical (unpaired) electrons. The average molecular weight is 415 g/mol. The van der Waals surface area contributed by atoms with Gasteiger partial charge < -0.3 is 5.32 Å². The molecule has 25 heavy (non-hydrogen) atoms. The zero-order valence-corrected chi connectivity index (χ0v) is 15.6. The predicted molar refractivity (Wildman–Crippen MR) is 100.0 cm³/mol. The molecule has 128 valence electrons. The monoisotopic (exact) mass is 413 g/mol. The Kier molecular flexibility index (Phi) is 5.80. The summed E-state index contributed by atoms with van der Waals surface area (Å²) < 4.78 is 1.53. The van der Waals surface area contributed by atoms with E-state index < -0.39 is 0 Å². The first-order valence-corrected chi connectivity index (χ1v) is 9.07.